The minimum absolute atomic E-state index is 0.177. The third-order valence-electron chi connectivity index (χ3n) is 2.51. The molecule has 0 aliphatic rings. The molecule has 7 heteroatoms. The Hall–Kier alpha value is -1.86. The molecule has 0 aliphatic carbocycles. The fourth-order valence-electron chi connectivity index (χ4n) is 1.67. The molecule has 19 heavy (non-hydrogen) atoms. The van der Waals surface area contributed by atoms with E-state index in [1.807, 2.05) is 18.2 Å². The predicted octanol–water partition coefficient (Wildman–Crippen LogP) is 1.42. The minimum atomic E-state index is -0.226. The highest BCUT2D eigenvalue weighted by atomic mass is 32.1. The van der Waals surface area contributed by atoms with Gasteiger partial charge in [0.2, 0.25) is 0 Å². The molecule has 1 aromatic heterocycles. The number of hydroxylamine groups is 1. The Kier molecular flexibility index (Phi) is 4.18. The number of benzene rings is 1. The second kappa shape index (κ2) is 5.85. The fourth-order valence-corrected chi connectivity index (χ4v) is 2.61. The van der Waals surface area contributed by atoms with Crippen molar-refractivity contribution in [3.05, 3.63) is 18.2 Å². The van der Waals surface area contributed by atoms with Crippen LogP contribution in [0.1, 0.15) is 0 Å². The molecule has 0 unspecified atom stereocenters. The Morgan fingerprint density at radius 1 is 1.47 bits per heavy atom. The lowest BCUT2D eigenvalue weighted by atomic mass is 10.3. The number of ether oxygens (including phenoxy) is 1. The van der Waals surface area contributed by atoms with Gasteiger partial charge in [0, 0.05) is 7.05 Å². The van der Waals surface area contributed by atoms with E-state index in [-0.39, 0.29) is 12.5 Å². The third kappa shape index (κ3) is 2.94. The molecule has 6 nitrogen and oxygen atoms in total. The minimum Gasteiger partial charge on any atom is -0.494 e. The first-order valence-corrected chi connectivity index (χ1v) is 6.44. The number of hydrogen-bond acceptors (Lipinski definition) is 6. The van der Waals surface area contributed by atoms with E-state index in [1.54, 1.807) is 19.1 Å². The molecule has 2 aromatic rings. The number of nitrogens with one attached hydrogen (secondary N) is 1. The number of para-hydroxylation sites is 1. The topological polar surface area (TPSA) is 63.7 Å². The van der Waals surface area contributed by atoms with Crippen LogP contribution in [0.5, 0.6) is 5.75 Å². The Bertz CT molecular complexity index is 585. The van der Waals surface area contributed by atoms with Gasteiger partial charge in [0.25, 0.3) is 5.91 Å². The van der Waals surface area contributed by atoms with Crippen molar-refractivity contribution in [1.29, 1.82) is 0 Å². The molecule has 0 fully saturated rings. The van der Waals surface area contributed by atoms with Gasteiger partial charge in [0.1, 0.15) is 17.8 Å². The van der Waals surface area contributed by atoms with Crippen molar-refractivity contribution >= 4 is 32.6 Å². The monoisotopic (exact) mass is 281 g/mol. The zero-order valence-electron chi connectivity index (χ0n) is 11.0. The summed E-state index contributed by atoms with van der Waals surface area (Å²) in [5, 5.41) is 0.755. The summed E-state index contributed by atoms with van der Waals surface area (Å²) in [5.74, 6) is 0.506. The summed E-state index contributed by atoms with van der Waals surface area (Å²) >= 11 is 1.51. The van der Waals surface area contributed by atoms with Gasteiger partial charge < -0.3 is 9.64 Å². The van der Waals surface area contributed by atoms with Gasteiger partial charge in [-0.15, -0.1) is 0 Å². The number of rotatable bonds is 5. The molecule has 1 N–H and O–H groups in total. The van der Waals surface area contributed by atoms with Crippen molar-refractivity contribution in [1.82, 2.24) is 10.5 Å². The summed E-state index contributed by atoms with van der Waals surface area (Å²) < 4.78 is 6.29. The summed E-state index contributed by atoms with van der Waals surface area (Å²) in [6, 6.07) is 5.76. The van der Waals surface area contributed by atoms with E-state index >= 15 is 0 Å². The van der Waals surface area contributed by atoms with E-state index in [1.165, 1.54) is 18.4 Å². The van der Waals surface area contributed by atoms with Crippen molar-refractivity contribution in [2.75, 3.05) is 32.7 Å². The first kappa shape index (κ1) is 13.6. The molecule has 1 amide bonds. The fraction of sp³-hybridized carbons (Fsp3) is 0.333. The van der Waals surface area contributed by atoms with E-state index in [0.717, 1.165) is 21.1 Å². The van der Waals surface area contributed by atoms with Crippen molar-refractivity contribution in [2.24, 2.45) is 0 Å². The summed E-state index contributed by atoms with van der Waals surface area (Å²) in [6.45, 7) is 0.177. The maximum Gasteiger partial charge on any atom is 0.263 e. The van der Waals surface area contributed by atoms with E-state index in [2.05, 4.69) is 15.3 Å². The third-order valence-corrected chi connectivity index (χ3v) is 3.65. The highest BCUT2D eigenvalue weighted by Gasteiger charge is 2.13. The van der Waals surface area contributed by atoms with Crippen LogP contribution in [0, 0.1) is 0 Å². The Labute approximate surface area is 114 Å². The summed E-state index contributed by atoms with van der Waals surface area (Å²) in [4.78, 5) is 22.3. The highest BCUT2D eigenvalue weighted by Crippen LogP contribution is 2.33. The van der Waals surface area contributed by atoms with Crippen molar-refractivity contribution in [2.45, 2.75) is 0 Å². The van der Waals surface area contributed by atoms with Gasteiger partial charge in [0.05, 0.1) is 18.9 Å². The number of thiazole rings is 1. The lowest BCUT2D eigenvalue weighted by Gasteiger charge is -2.14. The van der Waals surface area contributed by atoms with Crippen LogP contribution in [0.4, 0.5) is 5.13 Å². The molecule has 1 aromatic carbocycles. The van der Waals surface area contributed by atoms with Gasteiger partial charge >= 0.3 is 0 Å². The average molecular weight is 281 g/mol. The van der Waals surface area contributed by atoms with E-state index < -0.39 is 0 Å². The first-order valence-electron chi connectivity index (χ1n) is 5.62. The number of aromatic nitrogens is 1. The van der Waals surface area contributed by atoms with E-state index in [9.17, 15) is 4.79 Å². The van der Waals surface area contributed by atoms with Crippen LogP contribution in [-0.4, -0.2) is 38.7 Å². The van der Waals surface area contributed by atoms with Crippen LogP contribution >= 0.6 is 11.3 Å². The molecule has 0 spiro atoms. The average Bonchev–Trinajstić information content (AvgIpc) is 2.82. The quantitative estimate of drug-likeness (QED) is 0.840. The maximum atomic E-state index is 11.4. The predicted molar refractivity (Wildman–Crippen MR) is 74.6 cm³/mol. The van der Waals surface area contributed by atoms with Crippen LogP contribution in [0.3, 0.4) is 0 Å². The van der Waals surface area contributed by atoms with Crippen molar-refractivity contribution in [3.8, 4) is 5.75 Å². The molecule has 0 aliphatic heterocycles. The number of methoxy groups -OCH3 is 1. The van der Waals surface area contributed by atoms with Gasteiger partial charge in [-0.05, 0) is 12.1 Å². The van der Waals surface area contributed by atoms with Crippen LogP contribution in [0.2, 0.25) is 0 Å². The smallest absolute Gasteiger partial charge is 0.263 e. The summed E-state index contributed by atoms with van der Waals surface area (Å²) in [5.41, 5.74) is 3.08. The molecular weight excluding hydrogens is 266 g/mol. The number of carbonyl (C=O) groups is 1. The number of carbonyl (C=O) groups excluding carboxylic acids is 1. The zero-order valence-corrected chi connectivity index (χ0v) is 11.8. The zero-order chi connectivity index (χ0) is 13.8. The Morgan fingerprint density at radius 2 is 2.26 bits per heavy atom. The van der Waals surface area contributed by atoms with Gasteiger partial charge in [-0.1, -0.05) is 17.4 Å². The van der Waals surface area contributed by atoms with Crippen molar-refractivity contribution in [3.63, 3.8) is 0 Å². The molecular formula is C12H15N3O3S. The number of anilines is 1. The highest BCUT2D eigenvalue weighted by molar-refractivity contribution is 7.22. The molecule has 0 saturated heterocycles. The SMILES string of the molecule is CONC(=O)CN(C)c1nc2c(OC)cccc2s1. The lowest BCUT2D eigenvalue weighted by Crippen LogP contribution is -2.34. The molecule has 0 saturated carbocycles. The number of hydrogen-bond donors (Lipinski definition) is 1. The number of amides is 1. The van der Waals surface area contributed by atoms with Crippen LogP contribution in [0.15, 0.2) is 18.2 Å². The van der Waals surface area contributed by atoms with Crippen LogP contribution < -0.4 is 15.1 Å². The van der Waals surface area contributed by atoms with Crippen LogP contribution in [-0.2, 0) is 9.63 Å². The first-order chi connectivity index (χ1) is 9.15. The molecule has 0 bridgehead atoms. The summed E-state index contributed by atoms with van der Waals surface area (Å²) in [7, 11) is 4.82. The van der Waals surface area contributed by atoms with Gasteiger partial charge in [0.15, 0.2) is 5.13 Å². The Morgan fingerprint density at radius 3 is 2.95 bits per heavy atom. The molecule has 0 radical (unpaired) electrons. The van der Waals surface area contributed by atoms with E-state index in [0.29, 0.717) is 0 Å². The van der Waals surface area contributed by atoms with Gasteiger partial charge in [-0.2, -0.15) is 0 Å². The number of fused-ring (bicyclic) bond motifs is 1. The van der Waals surface area contributed by atoms with Crippen molar-refractivity contribution < 1.29 is 14.4 Å². The Balaban J connectivity index is 2.23. The molecule has 102 valence electrons. The second-order valence-electron chi connectivity index (χ2n) is 3.89. The van der Waals surface area contributed by atoms with E-state index in [4.69, 9.17) is 4.74 Å². The lowest BCUT2D eigenvalue weighted by molar-refractivity contribution is -0.129. The van der Waals surface area contributed by atoms with Gasteiger partial charge in [-0.3, -0.25) is 9.63 Å². The van der Waals surface area contributed by atoms with Crippen LogP contribution in [0.25, 0.3) is 10.2 Å². The van der Waals surface area contributed by atoms with Gasteiger partial charge in [-0.25, -0.2) is 10.5 Å². The summed E-state index contributed by atoms with van der Waals surface area (Å²) in [6.07, 6.45) is 0. The molecule has 2 rings (SSSR count). The number of likely N-dealkylation sites (N-methyl/N-ethyl adjacent to an activating group) is 1. The molecule has 0 atom stereocenters. The largest absolute Gasteiger partial charge is 0.494 e. The second-order valence-corrected chi connectivity index (χ2v) is 4.90. The maximum absolute atomic E-state index is 11.4. The molecule has 1 heterocycles. The number of nitrogens with zero attached hydrogens (tertiary/aromatic N) is 2. The standard InChI is InChI=1S/C12H15N3O3S/c1-15(7-10(16)14-18-3)12-13-11-8(17-2)5-4-6-9(11)19-12/h4-6H,7H2,1-3H3,(H,14,16). The normalized spacial score (nSPS) is 10.5.